The third kappa shape index (κ3) is 4.80. The standard InChI is InChI=1S/C26H25FN2O5/c1-16-26(31)29(14-17-8-10-20(32-2)13-24(17)33-3)15-18-12-19(9-11-23(18)34-16)28-25(30)21-6-4-5-7-22(21)27/h4-13,16H,14-15H2,1-3H3,(H,28,30)/t16-/m0/s1. The molecule has 7 nitrogen and oxygen atoms in total. The summed E-state index contributed by atoms with van der Waals surface area (Å²) in [5, 5.41) is 2.72. The highest BCUT2D eigenvalue weighted by molar-refractivity contribution is 6.04. The number of carbonyl (C=O) groups excluding carboxylic acids is 2. The molecule has 2 amide bonds. The zero-order chi connectivity index (χ0) is 24.2. The average Bonchev–Trinajstić information content (AvgIpc) is 2.95. The van der Waals surface area contributed by atoms with Crippen molar-refractivity contribution in [2.45, 2.75) is 26.1 Å². The molecule has 0 aromatic heterocycles. The van der Waals surface area contributed by atoms with Gasteiger partial charge in [-0.3, -0.25) is 9.59 Å². The summed E-state index contributed by atoms with van der Waals surface area (Å²) in [4.78, 5) is 27.3. The van der Waals surface area contributed by atoms with Crippen molar-refractivity contribution in [2.24, 2.45) is 0 Å². The largest absolute Gasteiger partial charge is 0.497 e. The van der Waals surface area contributed by atoms with Gasteiger partial charge < -0.3 is 24.4 Å². The molecule has 3 aromatic carbocycles. The summed E-state index contributed by atoms with van der Waals surface area (Å²) in [6.45, 7) is 2.26. The van der Waals surface area contributed by atoms with E-state index >= 15 is 0 Å². The minimum Gasteiger partial charge on any atom is -0.497 e. The molecule has 4 rings (SSSR count). The molecule has 0 spiro atoms. The van der Waals surface area contributed by atoms with E-state index in [1.54, 1.807) is 56.4 Å². The van der Waals surface area contributed by atoms with Gasteiger partial charge in [-0.15, -0.1) is 0 Å². The molecule has 0 aliphatic carbocycles. The molecule has 0 radical (unpaired) electrons. The number of anilines is 1. The normalized spacial score (nSPS) is 15.1. The SMILES string of the molecule is COc1ccc(CN2Cc3cc(NC(=O)c4ccccc4F)ccc3O[C@@H](C)C2=O)c(OC)c1. The number of nitrogens with zero attached hydrogens (tertiary/aromatic N) is 1. The van der Waals surface area contributed by atoms with Crippen LogP contribution in [0, 0.1) is 5.82 Å². The Morgan fingerprint density at radius 2 is 1.91 bits per heavy atom. The molecule has 1 N–H and O–H groups in total. The predicted molar refractivity (Wildman–Crippen MR) is 125 cm³/mol. The molecule has 1 aliphatic rings. The van der Waals surface area contributed by atoms with E-state index in [2.05, 4.69) is 5.32 Å². The lowest BCUT2D eigenvalue weighted by atomic mass is 10.1. The van der Waals surface area contributed by atoms with Crippen LogP contribution < -0.4 is 19.5 Å². The predicted octanol–water partition coefficient (Wildman–Crippen LogP) is 4.40. The maximum Gasteiger partial charge on any atom is 0.263 e. The number of rotatable bonds is 6. The van der Waals surface area contributed by atoms with Crippen molar-refractivity contribution in [1.29, 1.82) is 0 Å². The van der Waals surface area contributed by atoms with Gasteiger partial charge in [-0.25, -0.2) is 4.39 Å². The number of carbonyl (C=O) groups is 2. The summed E-state index contributed by atoms with van der Waals surface area (Å²) >= 11 is 0. The topological polar surface area (TPSA) is 77.1 Å². The van der Waals surface area contributed by atoms with E-state index in [0.29, 0.717) is 29.5 Å². The smallest absolute Gasteiger partial charge is 0.263 e. The van der Waals surface area contributed by atoms with E-state index in [1.165, 1.54) is 18.2 Å². The molecule has 176 valence electrons. The maximum absolute atomic E-state index is 14.0. The van der Waals surface area contributed by atoms with Gasteiger partial charge in [0.1, 0.15) is 23.1 Å². The van der Waals surface area contributed by atoms with Gasteiger partial charge in [-0.1, -0.05) is 12.1 Å². The molecule has 0 saturated carbocycles. The van der Waals surface area contributed by atoms with Crippen molar-refractivity contribution in [1.82, 2.24) is 4.90 Å². The first-order valence-corrected chi connectivity index (χ1v) is 10.7. The van der Waals surface area contributed by atoms with Crippen LogP contribution in [0.5, 0.6) is 17.2 Å². The van der Waals surface area contributed by atoms with E-state index in [1.807, 2.05) is 12.1 Å². The Bertz CT molecular complexity index is 1230. The fourth-order valence-corrected chi connectivity index (χ4v) is 3.84. The summed E-state index contributed by atoms with van der Waals surface area (Å²) in [5.41, 5.74) is 1.96. The number of nitrogens with one attached hydrogen (secondary N) is 1. The van der Waals surface area contributed by atoms with Gasteiger partial charge in [-0.05, 0) is 49.4 Å². The Morgan fingerprint density at radius 1 is 1.12 bits per heavy atom. The van der Waals surface area contributed by atoms with Crippen LogP contribution in [0.15, 0.2) is 60.7 Å². The first kappa shape index (κ1) is 23.1. The van der Waals surface area contributed by atoms with Crippen molar-refractivity contribution < 1.29 is 28.2 Å². The summed E-state index contributed by atoms with van der Waals surface area (Å²) in [6, 6.07) is 16.3. The van der Waals surface area contributed by atoms with Crippen LogP contribution in [0.4, 0.5) is 10.1 Å². The molecule has 0 fully saturated rings. The highest BCUT2D eigenvalue weighted by Crippen LogP contribution is 2.32. The highest BCUT2D eigenvalue weighted by atomic mass is 19.1. The van der Waals surface area contributed by atoms with Gasteiger partial charge in [0.15, 0.2) is 6.10 Å². The van der Waals surface area contributed by atoms with Gasteiger partial charge in [0, 0.05) is 36.0 Å². The van der Waals surface area contributed by atoms with Crippen molar-refractivity contribution in [3.05, 3.63) is 83.2 Å². The minimum absolute atomic E-state index is 0.0503. The van der Waals surface area contributed by atoms with Crippen molar-refractivity contribution in [2.75, 3.05) is 19.5 Å². The van der Waals surface area contributed by atoms with Gasteiger partial charge in [0.25, 0.3) is 11.8 Å². The summed E-state index contributed by atoms with van der Waals surface area (Å²) < 4.78 is 30.6. The average molecular weight is 464 g/mol. The lowest BCUT2D eigenvalue weighted by Crippen LogP contribution is -2.37. The molecule has 1 aliphatic heterocycles. The zero-order valence-corrected chi connectivity index (χ0v) is 19.1. The first-order valence-electron chi connectivity index (χ1n) is 10.7. The highest BCUT2D eigenvalue weighted by Gasteiger charge is 2.29. The van der Waals surface area contributed by atoms with E-state index in [4.69, 9.17) is 14.2 Å². The summed E-state index contributed by atoms with van der Waals surface area (Å²) in [6.07, 6.45) is -0.690. The Labute approximate surface area is 197 Å². The molecule has 0 saturated heterocycles. The van der Waals surface area contributed by atoms with Crippen LogP contribution in [0.2, 0.25) is 0 Å². The molecule has 34 heavy (non-hydrogen) atoms. The second-order valence-corrected chi connectivity index (χ2v) is 7.89. The molecule has 3 aromatic rings. The number of ether oxygens (including phenoxy) is 3. The third-order valence-corrected chi connectivity index (χ3v) is 5.62. The maximum atomic E-state index is 14.0. The Balaban J connectivity index is 1.59. The zero-order valence-electron chi connectivity index (χ0n) is 19.1. The number of fused-ring (bicyclic) bond motifs is 1. The quantitative estimate of drug-likeness (QED) is 0.585. The minimum atomic E-state index is -0.690. The molecular weight excluding hydrogens is 439 g/mol. The summed E-state index contributed by atoms with van der Waals surface area (Å²) in [5.74, 6) is 0.477. The monoisotopic (exact) mass is 464 g/mol. The Morgan fingerprint density at radius 3 is 2.65 bits per heavy atom. The van der Waals surface area contributed by atoms with Gasteiger partial charge in [0.2, 0.25) is 0 Å². The number of halogens is 1. The van der Waals surface area contributed by atoms with Gasteiger partial charge in [-0.2, -0.15) is 0 Å². The van der Waals surface area contributed by atoms with Crippen LogP contribution in [-0.4, -0.2) is 37.0 Å². The van der Waals surface area contributed by atoms with Crippen molar-refractivity contribution >= 4 is 17.5 Å². The van der Waals surface area contributed by atoms with E-state index in [-0.39, 0.29) is 18.0 Å². The third-order valence-electron chi connectivity index (χ3n) is 5.62. The molecule has 1 heterocycles. The van der Waals surface area contributed by atoms with Crippen LogP contribution in [-0.2, 0) is 17.9 Å². The van der Waals surface area contributed by atoms with Crippen molar-refractivity contribution in [3.8, 4) is 17.2 Å². The van der Waals surface area contributed by atoms with Crippen LogP contribution in [0.25, 0.3) is 0 Å². The van der Waals surface area contributed by atoms with Crippen LogP contribution >= 0.6 is 0 Å². The molecule has 8 heteroatoms. The van der Waals surface area contributed by atoms with Crippen LogP contribution in [0.3, 0.4) is 0 Å². The number of hydrogen-bond donors (Lipinski definition) is 1. The lowest BCUT2D eigenvalue weighted by molar-refractivity contribution is -0.138. The second-order valence-electron chi connectivity index (χ2n) is 7.89. The second kappa shape index (κ2) is 9.82. The Hall–Kier alpha value is -4.07. The van der Waals surface area contributed by atoms with Gasteiger partial charge >= 0.3 is 0 Å². The number of hydrogen-bond acceptors (Lipinski definition) is 5. The summed E-state index contributed by atoms with van der Waals surface area (Å²) in [7, 11) is 3.14. The molecule has 1 atom stereocenters. The molecule has 0 unspecified atom stereocenters. The Kier molecular flexibility index (Phi) is 6.67. The van der Waals surface area contributed by atoms with Gasteiger partial charge in [0.05, 0.1) is 19.8 Å². The fraction of sp³-hybridized carbons (Fsp3) is 0.231. The van der Waals surface area contributed by atoms with E-state index < -0.39 is 17.8 Å². The van der Waals surface area contributed by atoms with E-state index in [9.17, 15) is 14.0 Å². The van der Waals surface area contributed by atoms with Crippen LogP contribution in [0.1, 0.15) is 28.4 Å². The van der Waals surface area contributed by atoms with Crippen molar-refractivity contribution in [3.63, 3.8) is 0 Å². The first-order chi connectivity index (χ1) is 16.4. The fourth-order valence-electron chi connectivity index (χ4n) is 3.84. The number of methoxy groups -OCH3 is 2. The number of benzene rings is 3. The number of amides is 2. The molecular formula is C26H25FN2O5. The molecule has 0 bridgehead atoms. The van der Waals surface area contributed by atoms with E-state index in [0.717, 1.165) is 11.1 Å². The lowest BCUT2D eigenvalue weighted by Gasteiger charge is -2.23.